The van der Waals surface area contributed by atoms with Crippen molar-refractivity contribution in [3.63, 3.8) is 0 Å². The highest BCUT2D eigenvalue weighted by atomic mass is 16.4. The molecule has 5 heteroatoms. The molecule has 4 rings (SSSR count). The molecule has 0 aliphatic heterocycles. The van der Waals surface area contributed by atoms with E-state index in [9.17, 15) is 9.59 Å². The molecule has 1 aliphatic carbocycles. The second-order valence-corrected chi connectivity index (χ2v) is 7.95. The van der Waals surface area contributed by atoms with E-state index in [4.69, 9.17) is 4.42 Å². The van der Waals surface area contributed by atoms with Crippen LogP contribution in [-0.4, -0.2) is 10.5 Å². The summed E-state index contributed by atoms with van der Waals surface area (Å²) in [6.45, 7) is 6.21. The average molecular weight is 364 g/mol. The zero-order valence-corrected chi connectivity index (χ0v) is 15.9. The summed E-state index contributed by atoms with van der Waals surface area (Å²) in [7, 11) is 0. The van der Waals surface area contributed by atoms with Crippen molar-refractivity contribution in [1.29, 1.82) is 0 Å². The van der Waals surface area contributed by atoms with Crippen LogP contribution < -0.4 is 11.1 Å². The zero-order chi connectivity index (χ0) is 19.2. The number of hydrogen-bond donors (Lipinski definition) is 1. The molecule has 5 nitrogen and oxygen atoms in total. The normalized spacial score (nSPS) is 19.4. The summed E-state index contributed by atoms with van der Waals surface area (Å²) in [5.41, 5.74) is 3.67. The summed E-state index contributed by atoms with van der Waals surface area (Å²) < 4.78 is 6.69. The van der Waals surface area contributed by atoms with Gasteiger partial charge in [0.15, 0.2) is 5.58 Å². The number of carbonyl (C=O) groups excluding carboxylic acids is 1. The van der Waals surface area contributed by atoms with Gasteiger partial charge in [0.25, 0.3) is 0 Å². The molecule has 0 fully saturated rings. The Morgan fingerprint density at radius 1 is 1.19 bits per heavy atom. The Morgan fingerprint density at radius 2 is 1.89 bits per heavy atom. The van der Waals surface area contributed by atoms with Crippen molar-refractivity contribution in [3.05, 3.63) is 70.2 Å². The molecule has 3 aromatic rings. The Balaban J connectivity index is 1.63. The predicted octanol–water partition coefficient (Wildman–Crippen LogP) is 4.08. The average Bonchev–Trinajstić information content (AvgIpc) is 2.99. The lowest BCUT2D eigenvalue weighted by Crippen LogP contribution is -2.39. The Kier molecular flexibility index (Phi) is 4.17. The number of oxazole rings is 1. The van der Waals surface area contributed by atoms with Gasteiger partial charge in [0.05, 0.1) is 11.6 Å². The van der Waals surface area contributed by atoms with E-state index in [-0.39, 0.29) is 17.4 Å². The van der Waals surface area contributed by atoms with Crippen LogP contribution in [0.1, 0.15) is 56.8 Å². The number of amides is 1. The topological polar surface area (TPSA) is 64.2 Å². The van der Waals surface area contributed by atoms with E-state index >= 15 is 0 Å². The summed E-state index contributed by atoms with van der Waals surface area (Å²) in [6.07, 6.45) is 1.88. The van der Waals surface area contributed by atoms with E-state index in [0.29, 0.717) is 11.1 Å². The summed E-state index contributed by atoms with van der Waals surface area (Å²) >= 11 is 0. The summed E-state index contributed by atoms with van der Waals surface area (Å²) in [6, 6.07) is 14.8. The molecular formula is C22H24N2O3. The first kappa shape index (κ1) is 17.6. The first-order valence-electron chi connectivity index (χ1n) is 9.38. The molecule has 0 spiro atoms. The van der Waals surface area contributed by atoms with E-state index in [0.717, 1.165) is 12.8 Å². The first-order valence-corrected chi connectivity index (χ1v) is 9.38. The number of benzene rings is 2. The Morgan fingerprint density at radius 3 is 2.70 bits per heavy atom. The lowest BCUT2D eigenvalue weighted by Gasteiger charge is -2.37. The van der Waals surface area contributed by atoms with E-state index in [1.165, 1.54) is 15.7 Å². The van der Waals surface area contributed by atoms with Gasteiger partial charge in [-0.25, -0.2) is 4.79 Å². The molecular weight excluding hydrogens is 340 g/mol. The molecule has 0 bridgehead atoms. The Bertz CT molecular complexity index is 1060. The van der Waals surface area contributed by atoms with Gasteiger partial charge in [0.1, 0.15) is 6.04 Å². The molecule has 0 saturated heterocycles. The number of nitrogens with one attached hydrogen (secondary N) is 1. The molecule has 1 heterocycles. The summed E-state index contributed by atoms with van der Waals surface area (Å²) in [5, 5.41) is 3.15. The molecule has 2 atom stereocenters. The molecule has 0 saturated carbocycles. The number of fused-ring (bicyclic) bond motifs is 2. The third kappa shape index (κ3) is 2.97. The molecule has 27 heavy (non-hydrogen) atoms. The number of nitrogens with zero attached hydrogens (tertiary/aromatic N) is 1. The third-order valence-corrected chi connectivity index (χ3v) is 5.73. The highest BCUT2D eigenvalue weighted by Crippen LogP contribution is 2.41. The van der Waals surface area contributed by atoms with E-state index in [2.05, 4.69) is 31.3 Å². The molecule has 2 unspecified atom stereocenters. The minimum Gasteiger partial charge on any atom is -0.408 e. The summed E-state index contributed by atoms with van der Waals surface area (Å²) in [4.78, 5) is 25.2. The summed E-state index contributed by atoms with van der Waals surface area (Å²) in [5.74, 6) is -0.688. The molecule has 2 aromatic carbocycles. The van der Waals surface area contributed by atoms with Gasteiger partial charge >= 0.3 is 5.76 Å². The Labute approximate surface area is 158 Å². The van der Waals surface area contributed by atoms with E-state index in [1.54, 1.807) is 25.1 Å². The van der Waals surface area contributed by atoms with Crippen molar-refractivity contribution >= 4 is 17.0 Å². The molecule has 1 aromatic heterocycles. The first-order chi connectivity index (χ1) is 12.9. The van der Waals surface area contributed by atoms with Gasteiger partial charge in [-0.15, -0.1) is 0 Å². The standard InChI is InChI=1S/C22H24N2O3/c1-14(24-18-10-6-7-11-19(18)27-21(24)26)20(25)23-17-12-13-22(2,3)16-9-5-4-8-15(16)17/h4-11,14,17H,12-13H2,1-3H3,(H,23,25). The molecule has 1 aliphatic rings. The lowest BCUT2D eigenvalue weighted by atomic mass is 9.71. The van der Waals surface area contributed by atoms with Gasteiger partial charge in [0.2, 0.25) is 5.91 Å². The number of hydrogen-bond acceptors (Lipinski definition) is 3. The van der Waals surface area contributed by atoms with Gasteiger partial charge in [-0.3, -0.25) is 9.36 Å². The number of aromatic nitrogens is 1. The molecule has 140 valence electrons. The molecule has 1 N–H and O–H groups in total. The van der Waals surface area contributed by atoms with Crippen LogP contribution in [0.15, 0.2) is 57.7 Å². The maximum absolute atomic E-state index is 13.0. The quantitative estimate of drug-likeness (QED) is 0.761. The van der Waals surface area contributed by atoms with Crippen LogP contribution in [0, 0.1) is 0 Å². The monoisotopic (exact) mass is 364 g/mol. The number of rotatable bonds is 3. The lowest BCUT2D eigenvalue weighted by molar-refractivity contribution is -0.124. The smallest absolute Gasteiger partial charge is 0.408 e. The second kappa shape index (κ2) is 6.41. The number of para-hydroxylation sites is 2. The van der Waals surface area contributed by atoms with Crippen LogP contribution >= 0.6 is 0 Å². The van der Waals surface area contributed by atoms with Crippen molar-refractivity contribution < 1.29 is 9.21 Å². The van der Waals surface area contributed by atoms with Gasteiger partial charge in [-0.05, 0) is 48.4 Å². The molecule has 1 amide bonds. The fourth-order valence-corrected chi connectivity index (χ4v) is 4.12. The van der Waals surface area contributed by atoms with Crippen molar-refractivity contribution in [2.75, 3.05) is 0 Å². The van der Waals surface area contributed by atoms with Crippen molar-refractivity contribution in [1.82, 2.24) is 9.88 Å². The minimum absolute atomic E-state index is 0.0435. The van der Waals surface area contributed by atoms with Crippen molar-refractivity contribution in [3.8, 4) is 0 Å². The highest BCUT2D eigenvalue weighted by Gasteiger charge is 2.34. The van der Waals surface area contributed by atoms with Gasteiger partial charge in [-0.2, -0.15) is 0 Å². The van der Waals surface area contributed by atoms with Gasteiger partial charge in [0, 0.05) is 0 Å². The van der Waals surface area contributed by atoms with Crippen LogP contribution in [-0.2, 0) is 10.2 Å². The van der Waals surface area contributed by atoms with Crippen LogP contribution in [0.25, 0.3) is 11.1 Å². The fraction of sp³-hybridized carbons (Fsp3) is 0.364. The van der Waals surface area contributed by atoms with E-state index < -0.39 is 11.8 Å². The highest BCUT2D eigenvalue weighted by molar-refractivity contribution is 5.83. The fourth-order valence-electron chi connectivity index (χ4n) is 4.12. The minimum atomic E-state index is -0.650. The zero-order valence-electron chi connectivity index (χ0n) is 15.9. The van der Waals surface area contributed by atoms with Crippen LogP contribution in [0.2, 0.25) is 0 Å². The van der Waals surface area contributed by atoms with Gasteiger partial charge < -0.3 is 9.73 Å². The maximum atomic E-state index is 13.0. The molecule has 0 radical (unpaired) electrons. The Hall–Kier alpha value is -2.82. The van der Waals surface area contributed by atoms with Crippen LogP contribution in [0.3, 0.4) is 0 Å². The van der Waals surface area contributed by atoms with Crippen molar-refractivity contribution in [2.45, 2.75) is 51.1 Å². The van der Waals surface area contributed by atoms with Gasteiger partial charge in [-0.1, -0.05) is 50.2 Å². The third-order valence-electron chi connectivity index (χ3n) is 5.73. The predicted molar refractivity (Wildman–Crippen MR) is 105 cm³/mol. The maximum Gasteiger partial charge on any atom is 0.420 e. The van der Waals surface area contributed by atoms with E-state index in [1.807, 2.05) is 18.2 Å². The van der Waals surface area contributed by atoms with Crippen LogP contribution in [0.4, 0.5) is 0 Å². The second-order valence-electron chi connectivity index (χ2n) is 7.95. The largest absolute Gasteiger partial charge is 0.420 e. The number of carbonyl (C=O) groups is 1. The SMILES string of the molecule is CC(C(=O)NC1CCC(C)(C)c2ccccc21)n1c(=O)oc2ccccc21. The van der Waals surface area contributed by atoms with Crippen LogP contribution in [0.5, 0.6) is 0 Å². The van der Waals surface area contributed by atoms with Crippen molar-refractivity contribution in [2.24, 2.45) is 0 Å².